The largest absolute Gasteiger partial charge is 0.492 e. The number of ether oxygens (including phenoxy) is 1. The van der Waals surface area contributed by atoms with Crippen molar-refractivity contribution >= 4 is 11.6 Å². The van der Waals surface area contributed by atoms with E-state index < -0.39 is 0 Å². The van der Waals surface area contributed by atoms with Crippen molar-refractivity contribution < 1.29 is 9.53 Å². The van der Waals surface area contributed by atoms with Gasteiger partial charge in [0.1, 0.15) is 12.4 Å². The number of hydrogen-bond donors (Lipinski definition) is 2. The Labute approximate surface area is 125 Å². The lowest BCUT2D eigenvalue weighted by Gasteiger charge is -2.11. The Hall–Kier alpha value is -2.49. The number of amides is 1. The van der Waals surface area contributed by atoms with Gasteiger partial charge in [-0.05, 0) is 31.2 Å². The molecule has 1 amide bonds. The van der Waals surface area contributed by atoms with E-state index in [1.165, 1.54) is 0 Å². The second-order valence-electron chi connectivity index (χ2n) is 4.49. The maximum absolute atomic E-state index is 12.1. The molecule has 0 saturated heterocycles. The van der Waals surface area contributed by atoms with Gasteiger partial charge in [-0.1, -0.05) is 30.3 Å². The summed E-state index contributed by atoms with van der Waals surface area (Å²) in [7, 11) is 0. The number of hydrogen-bond acceptors (Lipinski definition) is 3. The number of rotatable bonds is 7. The van der Waals surface area contributed by atoms with E-state index in [0.29, 0.717) is 18.7 Å². The van der Waals surface area contributed by atoms with Crippen LogP contribution in [0.1, 0.15) is 17.3 Å². The zero-order valence-electron chi connectivity index (χ0n) is 12.1. The highest BCUT2D eigenvalue weighted by Gasteiger charge is 2.09. The molecule has 4 nitrogen and oxygen atoms in total. The highest BCUT2D eigenvalue weighted by atomic mass is 16.5. The van der Waals surface area contributed by atoms with Crippen molar-refractivity contribution in [1.29, 1.82) is 0 Å². The van der Waals surface area contributed by atoms with E-state index in [2.05, 4.69) is 10.6 Å². The zero-order chi connectivity index (χ0) is 14.9. The molecule has 0 aliphatic carbocycles. The first kappa shape index (κ1) is 14.9. The molecule has 0 heterocycles. The minimum atomic E-state index is -0.0942. The molecule has 0 fully saturated rings. The van der Waals surface area contributed by atoms with Crippen molar-refractivity contribution in [2.45, 2.75) is 6.92 Å². The fourth-order valence-electron chi connectivity index (χ4n) is 1.97. The Bertz CT molecular complexity index is 570. The van der Waals surface area contributed by atoms with E-state index in [-0.39, 0.29) is 5.91 Å². The van der Waals surface area contributed by atoms with Crippen LogP contribution in [0.15, 0.2) is 54.6 Å². The van der Waals surface area contributed by atoms with Crippen LogP contribution in [0.5, 0.6) is 5.75 Å². The van der Waals surface area contributed by atoms with E-state index in [0.717, 1.165) is 18.0 Å². The molecular formula is C17H20N2O2. The SMILES string of the molecule is CCNc1ccccc1C(=O)NCCOc1ccccc1. The van der Waals surface area contributed by atoms with E-state index in [1.54, 1.807) is 0 Å². The second-order valence-corrected chi connectivity index (χ2v) is 4.49. The van der Waals surface area contributed by atoms with E-state index in [4.69, 9.17) is 4.74 Å². The van der Waals surface area contributed by atoms with Crippen LogP contribution in [0, 0.1) is 0 Å². The van der Waals surface area contributed by atoms with Crippen molar-refractivity contribution in [2.75, 3.05) is 25.0 Å². The topological polar surface area (TPSA) is 50.4 Å². The van der Waals surface area contributed by atoms with E-state index >= 15 is 0 Å². The zero-order valence-corrected chi connectivity index (χ0v) is 12.1. The number of carbonyl (C=O) groups is 1. The molecule has 0 unspecified atom stereocenters. The molecule has 0 atom stereocenters. The predicted octanol–water partition coefficient (Wildman–Crippen LogP) is 2.93. The molecule has 0 bridgehead atoms. The van der Waals surface area contributed by atoms with Gasteiger partial charge in [0.05, 0.1) is 12.1 Å². The Kier molecular flexibility index (Phi) is 5.64. The van der Waals surface area contributed by atoms with Crippen LogP contribution in [-0.4, -0.2) is 25.6 Å². The summed E-state index contributed by atoms with van der Waals surface area (Å²) in [5.74, 6) is 0.711. The summed E-state index contributed by atoms with van der Waals surface area (Å²) in [6.45, 7) is 3.69. The van der Waals surface area contributed by atoms with E-state index in [1.807, 2.05) is 61.5 Å². The number of anilines is 1. The lowest BCUT2D eigenvalue weighted by molar-refractivity contribution is 0.0948. The Morgan fingerprint density at radius 1 is 1.05 bits per heavy atom. The molecule has 2 aromatic carbocycles. The van der Waals surface area contributed by atoms with Crippen molar-refractivity contribution in [3.05, 3.63) is 60.2 Å². The highest BCUT2D eigenvalue weighted by Crippen LogP contribution is 2.14. The van der Waals surface area contributed by atoms with Crippen molar-refractivity contribution in [3.63, 3.8) is 0 Å². The fourth-order valence-corrected chi connectivity index (χ4v) is 1.97. The average Bonchev–Trinajstić information content (AvgIpc) is 2.53. The van der Waals surface area contributed by atoms with Gasteiger partial charge in [0.15, 0.2) is 0 Å². The number of para-hydroxylation sites is 2. The maximum Gasteiger partial charge on any atom is 0.253 e. The molecule has 110 valence electrons. The minimum absolute atomic E-state index is 0.0942. The molecule has 2 aromatic rings. The molecule has 2 rings (SSSR count). The minimum Gasteiger partial charge on any atom is -0.492 e. The van der Waals surface area contributed by atoms with Gasteiger partial charge in [-0.2, -0.15) is 0 Å². The van der Waals surface area contributed by atoms with Gasteiger partial charge in [0.25, 0.3) is 5.91 Å². The highest BCUT2D eigenvalue weighted by molar-refractivity contribution is 5.99. The summed E-state index contributed by atoms with van der Waals surface area (Å²) in [6, 6.07) is 17.0. The lowest BCUT2D eigenvalue weighted by atomic mass is 10.1. The first-order valence-corrected chi connectivity index (χ1v) is 7.10. The standard InChI is InChI=1S/C17H20N2O2/c1-2-18-16-11-7-6-10-15(16)17(20)19-12-13-21-14-8-4-3-5-9-14/h3-11,18H,2,12-13H2,1H3,(H,19,20). The first-order chi connectivity index (χ1) is 10.3. The second kappa shape index (κ2) is 7.94. The van der Waals surface area contributed by atoms with Crippen LogP contribution in [-0.2, 0) is 0 Å². The lowest BCUT2D eigenvalue weighted by Crippen LogP contribution is -2.28. The average molecular weight is 284 g/mol. The van der Waals surface area contributed by atoms with Gasteiger partial charge in [-0.3, -0.25) is 4.79 Å². The van der Waals surface area contributed by atoms with Crippen molar-refractivity contribution in [1.82, 2.24) is 5.32 Å². The van der Waals surface area contributed by atoms with Gasteiger partial charge in [0, 0.05) is 12.2 Å². The third-order valence-electron chi connectivity index (χ3n) is 2.94. The van der Waals surface area contributed by atoms with Crippen LogP contribution in [0.25, 0.3) is 0 Å². The quantitative estimate of drug-likeness (QED) is 0.769. The summed E-state index contributed by atoms with van der Waals surface area (Å²) in [5.41, 5.74) is 1.50. The Morgan fingerprint density at radius 2 is 1.76 bits per heavy atom. The summed E-state index contributed by atoms with van der Waals surface area (Å²) in [4.78, 5) is 12.1. The smallest absolute Gasteiger partial charge is 0.253 e. The van der Waals surface area contributed by atoms with Crippen LogP contribution in [0.4, 0.5) is 5.69 Å². The molecule has 0 aromatic heterocycles. The monoisotopic (exact) mass is 284 g/mol. The van der Waals surface area contributed by atoms with Crippen LogP contribution < -0.4 is 15.4 Å². The maximum atomic E-state index is 12.1. The van der Waals surface area contributed by atoms with Crippen LogP contribution in [0.2, 0.25) is 0 Å². The summed E-state index contributed by atoms with van der Waals surface area (Å²) in [5, 5.41) is 6.05. The molecule has 0 aliphatic heterocycles. The summed E-state index contributed by atoms with van der Waals surface area (Å²) >= 11 is 0. The predicted molar refractivity (Wildman–Crippen MR) is 84.9 cm³/mol. The van der Waals surface area contributed by atoms with Gasteiger partial charge in [-0.25, -0.2) is 0 Å². The van der Waals surface area contributed by atoms with Gasteiger partial charge in [-0.15, -0.1) is 0 Å². The Morgan fingerprint density at radius 3 is 2.52 bits per heavy atom. The molecular weight excluding hydrogens is 264 g/mol. The fraction of sp³-hybridized carbons (Fsp3) is 0.235. The molecule has 0 aliphatic rings. The Balaban J connectivity index is 1.82. The van der Waals surface area contributed by atoms with Crippen molar-refractivity contribution in [2.24, 2.45) is 0 Å². The molecule has 0 saturated carbocycles. The first-order valence-electron chi connectivity index (χ1n) is 7.10. The molecule has 21 heavy (non-hydrogen) atoms. The van der Waals surface area contributed by atoms with E-state index in [9.17, 15) is 4.79 Å². The number of carbonyl (C=O) groups excluding carboxylic acids is 1. The normalized spacial score (nSPS) is 9.95. The van der Waals surface area contributed by atoms with Crippen molar-refractivity contribution in [3.8, 4) is 5.75 Å². The molecule has 0 radical (unpaired) electrons. The third-order valence-corrected chi connectivity index (χ3v) is 2.94. The molecule has 4 heteroatoms. The van der Waals surface area contributed by atoms with Gasteiger partial charge in [0.2, 0.25) is 0 Å². The van der Waals surface area contributed by atoms with Crippen LogP contribution in [0.3, 0.4) is 0 Å². The number of nitrogens with one attached hydrogen (secondary N) is 2. The molecule has 0 spiro atoms. The third kappa shape index (κ3) is 4.53. The summed E-state index contributed by atoms with van der Waals surface area (Å²) in [6.07, 6.45) is 0. The number of benzene rings is 2. The summed E-state index contributed by atoms with van der Waals surface area (Å²) < 4.78 is 5.54. The van der Waals surface area contributed by atoms with Crippen LogP contribution >= 0.6 is 0 Å². The molecule has 2 N–H and O–H groups in total. The van der Waals surface area contributed by atoms with Gasteiger partial charge >= 0.3 is 0 Å². The van der Waals surface area contributed by atoms with Gasteiger partial charge < -0.3 is 15.4 Å².